The largest absolute Gasteiger partial charge is 0.506 e. The number of fused-ring (bicyclic) bond motifs is 1. The van der Waals surface area contributed by atoms with Crippen molar-refractivity contribution < 1.29 is 24.1 Å². The van der Waals surface area contributed by atoms with E-state index < -0.39 is 11.8 Å². The van der Waals surface area contributed by atoms with Crippen molar-refractivity contribution in [3.8, 4) is 6.01 Å². The van der Waals surface area contributed by atoms with Crippen molar-refractivity contribution in [2.24, 2.45) is 0 Å². The molecule has 2 aromatic rings. The van der Waals surface area contributed by atoms with Crippen LogP contribution >= 0.6 is 0 Å². The van der Waals surface area contributed by atoms with Crippen LogP contribution < -0.4 is 10.5 Å². The molecule has 0 amide bonds. The number of hydrogen-bond acceptors (Lipinski definition) is 8. The van der Waals surface area contributed by atoms with E-state index in [0.29, 0.717) is 12.1 Å². The Morgan fingerprint density at radius 3 is 2.68 bits per heavy atom. The fraction of sp³-hybridized carbons (Fsp3) is 0.500. The molecule has 10 nitrogen and oxygen atoms in total. The quantitative estimate of drug-likeness (QED) is 0.522. The lowest BCUT2D eigenvalue weighted by molar-refractivity contribution is -0.00361. The molecule has 0 unspecified atom stereocenters. The summed E-state index contributed by atoms with van der Waals surface area (Å²) < 4.78 is 14.9. The number of nitrogens with two attached hydrogens (primary N) is 1. The summed E-state index contributed by atoms with van der Waals surface area (Å²) in [5.41, 5.74) is 5.29. The lowest BCUT2D eigenvalue weighted by Crippen LogP contribution is -2.26. The van der Waals surface area contributed by atoms with Gasteiger partial charge in [0.05, 0.1) is 6.61 Å². The highest BCUT2D eigenvalue weighted by atomic mass is 16.7. The number of aromatic amines is 1. The zero-order valence-electron chi connectivity index (χ0n) is 12.4. The zero-order chi connectivity index (χ0) is 16.3. The van der Waals surface area contributed by atoms with E-state index in [0.717, 1.165) is 0 Å². The highest BCUT2D eigenvalue weighted by Gasteiger charge is 2.30. The van der Waals surface area contributed by atoms with Gasteiger partial charge in [-0.3, -0.25) is 0 Å². The lowest BCUT2D eigenvalue weighted by atomic mass is 10.1. The summed E-state index contributed by atoms with van der Waals surface area (Å²) in [4.78, 5) is 25.9. The highest BCUT2D eigenvalue weighted by molar-refractivity contribution is 5.82. The average molecular weight is 311 g/mol. The van der Waals surface area contributed by atoms with Gasteiger partial charge in [-0.2, -0.15) is 9.97 Å². The number of nitrogens with zero attached hydrogens (tertiary/aromatic N) is 3. The summed E-state index contributed by atoms with van der Waals surface area (Å²) in [7, 11) is 1.55. The van der Waals surface area contributed by atoms with Crippen LogP contribution in [0.15, 0.2) is 0 Å². The van der Waals surface area contributed by atoms with Gasteiger partial charge in [-0.25, -0.2) is 9.78 Å². The minimum absolute atomic E-state index is 0.0667. The molecule has 0 aliphatic heterocycles. The molecular formula is C12H17N5O5. The molecule has 0 bridgehead atoms. The molecule has 0 aliphatic carbocycles. The Morgan fingerprint density at radius 1 is 1.32 bits per heavy atom. The van der Waals surface area contributed by atoms with Gasteiger partial charge in [-0.1, -0.05) is 0 Å². The summed E-state index contributed by atoms with van der Waals surface area (Å²) in [6.45, 7) is 3.76. The SMILES string of the molecule is COCCOc1nc(N)c2[nH]c(C(C)(C)OC(=O)O)nc2n1. The molecule has 22 heavy (non-hydrogen) atoms. The molecule has 0 aromatic carbocycles. The van der Waals surface area contributed by atoms with E-state index in [1.165, 1.54) is 0 Å². The first kappa shape index (κ1) is 15.8. The molecule has 10 heteroatoms. The minimum atomic E-state index is -1.41. The first-order valence-electron chi connectivity index (χ1n) is 6.41. The molecule has 0 saturated carbocycles. The summed E-state index contributed by atoms with van der Waals surface area (Å²) in [6, 6.07) is 0.0667. The predicted molar refractivity (Wildman–Crippen MR) is 75.6 cm³/mol. The van der Waals surface area contributed by atoms with Gasteiger partial charge in [-0.05, 0) is 13.8 Å². The van der Waals surface area contributed by atoms with Gasteiger partial charge in [0, 0.05) is 7.11 Å². The molecule has 120 valence electrons. The Hall–Kier alpha value is -2.62. The smallest absolute Gasteiger partial charge is 0.461 e. The molecule has 2 heterocycles. The molecule has 0 aliphatic rings. The molecule has 0 radical (unpaired) electrons. The van der Waals surface area contributed by atoms with Crippen LogP contribution in [-0.2, 0) is 15.1 Å². The lowest BCUT2D eigenvalue weighted by Gasteiger charge is -2.20. The molecule has 0 spiro atoms. The Labute approximate surface area is 125 Å². The maximum absolute atomic E-state index is 10.7. The van der Waals surface area contributed by atoms with Crippen LogP contribution in [0.2, 0.25) is 0 Å². The second-order valence-electron chi connectivity index (χ2n) is 4.89. The summed E-state index contributed by atoms with van der Waals surface area (Å²) in [6.07, 6.45) is -1.41. The van der Waals surface area contributed by atoms with Crippen molar-refractivity contribution >= 4 is 23.1 Å². The van der Waals surface area contributed by atoms with Crippen molar-refractivity contribution in [3.05, 3.63) is 5.82 Å². The number of carboxylic acid groups (broad SMARTS) is 1. The number of imidazole rings is 1. The Bertz CT molecular complexity index is 684. The third kappa shape index (κ3) is 3.34. The Balaban J connectivity index is 2.33. The van der Waals surface area contributed by atoms with E-state index >= 15 is 0 Å². The third-order valence-electron chi connectivity index (χ3n) is 2.79. The van der Waals surface area contributed by atoms with Crippen molar-refractivity contribution in [1.29, 1.82) is 0 Å². The number of nitrogen functional groups attached to an aromatic ring is 1. The number of anilines is 1. The molecular weight excluding hydrogens is 294 g/mol. The van der Waals surface area contributed by atoms with Crippen molar-refractivity contribution in [1.82, 2.24) is 19.9 Å². The van der Waals surface area contributed by atoms with Crippen LogP contribution in [0.5, 0.6) is 6.01 Å². The summed E-state index contributed by atoms with van der Waals surface area (Å²) >= 11 is 0. The van der Waals surface area contributed by atoms with Gasteiger partial charge in [0.2, 0.25) is 0 Å². The molecule has 0 atom stereocenters. The van der Waals surface area contributed by atoms with Crippen LogP contribution in [-0.4, -0.2) is 51.5 Å². The van der Waals surface area contributed by atoms with E-state index in [4.69, 9.17) is 25.1 Å². The third-order valence-corrected chi connectivity index (χ3v) is 2.79. The van der Waals surface area contributed by atoms with Gasteiger partial charge in [-0.15, -0.1) is 0 Å². The van der Waals surface area contributed by atoms with Crippen molar-refractivity contribution in [2.45, 2.75) is 19.4 Å². The first-order valence-corrected chi connectivity index (χ1v) is 6.41. The molecule has 0 saturated heterocycles. The van der Waals surface area contributed by atoms with Crippen LogP contribution in [0.25, 0.3) is 11.2 Å². The number of H-pyrrole nitrogens is 1. The number of rotatable bonds is 6. The fourth-order valence-corrected chi connectivity index (χ4v) is 1.73. The highest BCUT2D eigenvalue weighted by Crippen LogP contribution is 2.26. The van der Waals surface area contributed by atoms with Gasteiger partial charge >= 0.3 is 12.2 Å². The van der Waals surface area contributed by atoms with Crippen molar-refractivity contribution in [3.63, 3.8) is 0 Å². The zero-order valence-corrected chi connectivity index (χ0v) is 12.4. The number of aromatic nitrogens is 4. The van der Waals surface area contributed by atoms with Crippen LogP contribution in [0.1, 0.15) is 19.7 Å². The Kier molecular flexibility index (Phi) is 4.31. The van der Waals surface area contributed by atoms with Gasteiger partial charge in [0.25, 0.3) is 0 Å². The van der Waals surface area contributed by atoms with Gasteiger partial charge in [0.15, 0.2) is 22.9 Å². The predicted octanol–water partition coefficient (Wildman–Crippen LogP) is 0.890. The maximum atomic E-state index is 10.7. The van der Waals surface area contributed by atoms with E-state index in [2.05, 4.69) is 19.9 Å². The second-order valence-corrected chi connectivity index (χ2v) is 4.89. The monoisotopic (exact) mass is 311 g/mol. The number of carbonyl (C=O) groups is 1. The fourth-order valence-electron chi connectivity index (χ4n) is 1.73. The normalized spacial score (nSPS) is 11.6. The molecule has 4 N–H and O–H groups in total. The number of ether oxygens (including phenoxy) is 3. The topological polar surface area (TPSA) is 145 Å². The summed E-state index contributed by atoms with van der Waals surface area (Å²) in [5, 5.41) is 8.76. The van der Waals surface area contributed by atoms with Crippen LogP contribution in [0.3, 0.4) is 0 Å². The van der Waals surface area contributed by atoms with E-state index in [1.54, 1.807) is 21.0 Å². The molecule has 2 aromatic heterocycles. The van der Waals surface area contributed by atoms with E-state index in [-0.39, 0.29) is 29.9 Å². The molecule has 2 rings (SSSR count). The van der Waals surface area contributed by atoms with Gasteiger partial charge in [0.1, 0.15) is 12.1 Å². The van der Waals surface area contributed by atoms with E-state index in [1.807, 2.05) is 0 Å². The number of hydrogen-bond donors (Lipinski definition) is 3. The van der Waals surface area contributed by atoms with Crippen LogP contribution in [0, 0.1) is 0 Å². The standard InChI is InChI=1S/C12H17N5O5/c1-12(2,22-11(18)19)9-14-6-7(13)15-10(17-8(6)16-9)21-5-4-20-3/h4-5H2,1-3H3,(H,18,19)(H3,13,14,15,16,17). The molecule has 0 fully saturated rings. The van der Waals surface area contributed by atoms with Gasteiger partial charge < -0.3 is 30.0 Å². The van der Waals surface area contributed by atoms with Crippen LogP contribution in [0.4, 0.5) is 10.6 Å². The van der Waals surface area contributed by atoms with Crippen molar-refractivity contribution in [2.75, 3.05) is 26.1 Å². The summed E-state index contributed by atoms with van der Waals surface area (Å²) in [5.74, 6) is 0.405. The van der Waals surface area contributed by atoms with E-state index in [9.17, 15) is 4.79 Å². The first-order chi connectivity index (χ1) is 10.3. The number of methoxy groups -OCH3 is 1. The number of nitrogens with one attached hydrogen (secondary N) is 1. The maximum Gasteiger partial charge on any atom is 0.506 e. The second kappa shape index (κ2) is 6.02. The Morgan fingerprint density at radius 2 is 2.05 bits per heavy atom. The minimum Gasteiger partial charge on any atom is -0.461 e. The average Bonchev–Trinajstić information content (AvgIpc) is 2.83.